The quantitative estimate of drug-likeness (QED) is 0.916. The molecule has 0 aliphatic carbocycles. The average molecular weight is 271 g/mol. The van der Waals surface area contributed by atoms with Crippen LogP contribution < -0.4 is 5.32 Å². The number of carbonyl (C=O) groups excluding carboxylic acids is 1. The van der Waals surface area contributed by atoms with Gasteiger partial charge in [-0.25, -0.2) is 4.39 Å². The molecule has 1 fully saturated rings. The highest BCUT2D eigenvalue weighted by Gasteiger charge is 2.23. The van der Waals surface area contributed by atoms with Crippen molar-refractivity contribution in [1.29, 1.82) is 0 Å². The van der Waals surface area contributed by atoms with E-state index in [1.807, 2.05) is 4.90 Å². The van der Waals surface area contributed by atoms with Gasteiger partial charge < -0.3 is 10.2 Å². The van der Waals surface area contributed by atoms with Crippen molar-refractivity contribution in [2.45, 2.75) is 25.8 Å². The second-order valence-corrected chi connectivity index (χ2v) is 4.93. The molecule has 1 atom stereocenters. The Kier molecular flexibility index (Phi) is 4.07. The summed E-state index contributed by atoms with van der Waals surface area (Å²) in [5.74, 6) is -0.381. The minimum absolute atomic E-state index is 0.0563. The zero-order valence-corrected chi connectivity index (χ0v) is 11.0. The number of hydrogen-bond donors (Lipinski definition) is 1. The number of hydrogen-bond acceptors (Lipinski definition) is 2. The standard InChI is InChI=1S/C13H16ClFN2O/c1-9(13(18)17-6-2-3-7-17)16-10-4-5-12(15)11(14)8-10/h4-5,8-9,16H,2-3,6-7H2,1H3. The van der Waals surface area contributed by atoms with E-state index in [0.717, 1.165) is 25.9 Å². The highest BCUT2D eigenvalue weighted by molar-refractivity contribution is 6.31. The summed E-state index contributed by atoms with van der Waals surface area (Å²) in [4.78, 5) is 13.9. The summed E-state index contributed by atoms with van der Waals surface area (Å²) in [7, 11) is 0. The van der Waals surface area contributed by atoms with Crippen molar-refractivity contribution in [2.24, 2.45) is 0 Å². The van der Waals surface area contributed by atoms with Crippen LogP contribution in [0.4, 0.5) is 10.1 Å². The fraction of sp³-hybridized carbons (Fsp3) is 0.462. The number of carbonyl (C=O) groups is 1. The van der Waals surface area contributed by atoms with Crippen molar-refractivity contribution in [2.75, 3.05) is 18.4 Å². The smallest absolute Gasteiger partial charge is 0.244 e. The van der Waals surface area contributed by atoms with E-state index in [0.29, 0.717) is 5.69 Å². The second-order valence-electron chi connectivity index (χ2n) is 4.53. The van der Waals surface area contributed by atoms with Gasteiger partial charge in [0.15, 0.2) is 0 Å². The number of nitrogens with one attached hydrogen (secondary N) is 1. The molecule has 1 aromatic carbocycles. The molecule has 18 heavy (non-hydrogen) atoms. The van der Waals surface area contributed by atoms with Crippen LogP contribution in [0.15, 0.2) is 18.2 Å². The summed E-state index contributed by atoms with van der Waals surface area (Å²) in [6, 6.07) is 4.03. The van der Waals surface area contributed by atoms with Crippen LogP contribution in [0.25, 0.3) is 0 Å². The van der Waals surface area contributed by atoms with Crippen LogP contribution in [0.2, 0.25) is 5.02 Å². The van der Waals surface area contributed by atoms with Crippen molar-refractivity contribution >= 4 is 23.2 Å². The van der Waals surface area contributed by atoms with E-state index in [4.69, 9.17) is 11.6 Å². The summed E-state index contributed by atoms with van der Waals surface area (Å²) in [6.07, 6.45) is 2.14. The van der Waals surface area contributed by atoms with Crippen molar-refractivity contribution in [3.05, 3.63) is 29.0 Å². The van der Waals surface area contributed by atoms with Gasteiger partial charge in [0, 0.05) is 18.8 Å². The third-order valence-corrected chi connectivity index (χ3v) is 3.38. The first-order chi connectivity index (χ1) is 8.58. The highest BCUT2D eigenvalue weighted by atomic mass is 35.5. The molecule has 0 aromatic heterocycles. The van der Waals surface area contributed by atoms with Crippen molar-refractivity contribution in [3.8, 4) is 0 Å². The van der Waals surface area contributed by atoms with Gasteiger partial charge >= 0.3 is 0 Å². The summed E-state index contributed by atoms with van der Waals surface area (Å²) in [5, 5.41) is 3.10. The molecule has 0 radical (unpaired) electrons. The highest BCUT2D eigenvalue weighted by Crippen LogP contribution is 2.20. The van der Waals surface area contributed by atoms with E-state index in [2.05, 4.69) is 5.32 Å². The number of likely N-dealkylation sites (tertiary alicyclic amines) is 1. The Bertz CT molecular complexity index is 447. The molecule has 0 spiro atoms. The maximum absolute atomic E-state index is 13.0. The molecule has 3 nitrogen and oxygen atoms in total. The van der Waals surface area contributed by atoms with E-state index in [-0.39, 0.29) is 17.0 Å². The Morgan fingerprint density at radius 2 is 2.11 bits per heavy atom. The van der Waals surface area contributed by atoms with E-state index in [9.17, 15) is 9.18 Å². The van der Waals surface area contributed by atoms with Crippen LogP contribution in [0, 0.1) is 5.82 Å². The Morgan fingerprint density at radius 3 is 2.72 bits per heavy atom. The lowest BCUT2D eigenvalue weighted by Gasteiger charge is -2.22. The predicted octanol–water partition coefficient (Wildman–Crippen LogP) is 2.90. The lowest BCUT2D eigenvalue weighted by atomic mass is 10.2. The summed E-state index contributed by atoms with van der Waals surface area (Å²) in [5.41, 5.74) is 0.654. The fourth-order valence-electron chi connectivity index (χ4n) is 2.11. The molecule has 1 amide bonds. The van der Waals surface area contributed by atoms with Gasteiger partial charge in [0.1, 0.15) is 11.9 Å². The number of amides is 1. The lowest BCUT2D eigenvalue weighted by Crippen LogP contribution is -2.39. The van der Waals surface area contributed by atoms with Gasteiger partial charge in [0.25, 0.3) is 0 Å². The van der Waals surface area contributed by atoms with Gasteiger partial charge in [-0.3, -0.25) is 4.79 Å². The van der Waals surface area contributed by atoms with E-state index >= 15 is 0 Å². The maximum atomic E-state index is 13.0. The maximum Gasteiger partial charge on any atom is 0.244 e. The molecule has 1 saturated heterocycles. The lowest BCUT2D eigenvalue weighted by molar-refractivity contribution is -0.130. The van der Waals surface area contributed by atoms with Crippen molar-refractivity contribution < 1.29 is 9.18 Å². The van der Waals surface area contributed by atoms with Crippen molar-refractivity contribution in [3.63, 3.8) is 0 Å². The predicted molar refractivity (Wildman–Crippen MR) is 70.3 cm³/mol. The molecular weight excluding hydrogens is 255 g/mol. The molecule has 1 aromatic rings. The summed E-state index contributed by atoms with van der Waals surface area (Å²) >= 11 is 5.69. The molecule has 1 unspecified atom stereocenters. The van der Waals surface area contributed by atoms with Gasteiger partial charge in [0.2, 0.25) is 5.91 Å². The SMILES string of the molecule is CC(Nc1ccc(F)c(Cl)c1)C(=O)N1CCCC1. The van der Waals surface area contributed by atoms with Crippen LogP contribution >= 0.6 is 11.6 Å². The Balaban J connectivity index is 1.99. The Hall–Kier alpha value is -1.29. The molecule has 0 bridgehead atoms. The third-order valence-electron chi connectivity index (χ3n) is 3.09. The Morgan fingerprint density at radius 1 is 1.44 bits per heavy atom. The van der Waals surface area contributed by atoms with Crippen LogP contribution in [-0.4, -0.2) is 29.9 Å². The molecule has 1 N–H and O–H groups in total. The monoisotopic (exact) mass is 270 g/mol. The largest absolute Gasteiger partial charge is 0.374 e. The first-order valence-electron chi connectivity index (χ1n) is 6.08. The van der Waals surface area contributed by atoms with Gasteiger partial charge in [0.05, 0.1) is 5.02 Å². The molecule has 1 aliphatic rings. The first kappa shape index (κ1) is 13.1. The second kappa shape index (κ2) is 5.57. The number of halogens is 2. The zero-order valence-electron chi connectivity index (χ0n) is 10.2. The topological polar surface area (TPSA) is 32.3 Å². The molecule has 2 rings (SSSR count). The first-order valence-corrected chi connectivity index (χ1v) is 6.46. The molecule has 5 heteroatoms. The third kappa shape index (κ3) is 2.93. The van der Waals surface area contributed by atoms with E-state index in [1.54, 1.807) is 13.0 Å². The zero-order chi connectivity index (χ0) is 13.1. The normalized spacial score (nSPS) is 16.7. The summed E-state index contributed by atoms with van der Waals surface area (Å²) in [6.45, 7) is 3.46. The molecule has 1 heterocycles. The number of nitrogens with zero attached hydrogens (tertiary/aromatic N) is 1. The molecule has 98 valence electrons. The molecule has 1 aliphatic heterocycles. The van der Waals surface area contributed by atoms with Gasteiger partial charge in [-0.1, -0.05) is 11.6 Å². The molecule has 0 saturated carbocycles. The van der Waals surface area contributed by atoms with Crippen LogP contribution in [-0.2, 0) is 4.79 Å². The fourth-order valence-corrected chi connectivity index (χ4v) is 2.29. The van der Waals surface area contributed by atoms with Crippen LogP contribution in [0.3, 0.4) is 0 Å². The average Bonchev–Trinajstić information content (AvgIpc) is 2.86. The van der Waals surface area contributed by atoms with E-state index in [1.165, 1.54) is 12.1 Å². The van der Waals surface area contributed by atoms with Crippen LogP contribution in [0.5, 0.6) is 0 Å². The number of benzene rings is 1. The van der Waals surface area contributed by atoms with Gasteiger partial charge in [-0.15, -0.1) is 0 Å². The Labute approximate surface area is 111 Å². The van der Waals surface area contributed by atoms with E-state index < -0.39 is 5.82 Å². The minimum atomic E-state index is -0.458. The van der Waals surface area contributed by atoms with Gasteiger partial charge in [-0.2, -0.15) is 0 Å². The van der Waals surface area contributed by atoms with Gasteiger partial charge in [-0.05, 0) is 38.0 Å². The summed E-state index contributed by atoms with van der Waals surface area (Å²) < 4.78 is 13.0. The molecular formula is C13H16ClFN2O. The van der Waals surface area contributed by atoms with Crippen LogP contribution in [0.1, 0.15) is 19.8 Å². The van der Waals surface area contributed by atoms with Crippen molar-refractivity contribution in [1.82, 2.24) is 4.90 Å². The minimum Gasteiger partial charge on any atom is -0.374 e. The number of anilines is 1. The number of rotatable bonds is 3.